The number of hydrogen-bond donors (Lipinski definition) is 9. The number of nitrogens with one attached hydrogen (secondary N) is 1. The smallest absolute Gasteiger partial charge is 0.397 e. The zero-order valence-corrected chi connectivity index (χ0v) is 17.2. The average molecular weight is 515 g/mol. The van der Waals surface area contributed by atoms with Gasteiger partial charge in [0.05, 0.1) is 6.61 Å². The summed E-state index contributed by atoms with van der Waals surface area (Å²) in [5.74, 6) is -1.80. The molecule has 32 heavy (non-hydrogen) atoms. The minimum atomic E-state index is -5.43. The van der Waals surface area contributed by atoms with Crippen molar-refractivity contribution in [1.29, 1.82) is 0 Å². The van der Waals surface area contributed by atoms with Crippen molar-refractivity contribution in [3.63, 3.8) is 0 Å². The van der Waals surface area contributed by atoms with Crippen LogP contribution in [0.3, 0.4) is 0 Å². The first-order valence-electron chi connectivity index (χ1n) is 8.48. The molecule has 2 saturated heterocycles. The Kier molecular flexibility index (Phi) is 8.50. The zero-order chi connectivity index (χ0) is 24.6. The van der Waals surface area contributed by atoms with E-state index in [1.165, 1.54) is 4.72 Å². The predicted molar refractivity (Wildman–Crippen MR) is 92.0 cm³/mol. The fraction of sp³-hybridized carbons (Fsp3) is 0.917. The number of rotatable bonds is 8. The first kappa shape index (κ1) is 27.1. The van der Waals surface area contributed by atoms with Crippen LogP contribution in [0.2, 0.25) is 0 Å². The number of aliphatic hydroxyl groups excluding tert-OH is 5. The molecule has 9 N–H and O–H groups in total. The van der Waals surface area contributed by atoms with Gasteiger partial charge in [-0.25, -0.2) is 8.98 Å². The third kappa shape index (κ3) is 6.48. The second kappa shape index (κ2) is 10.0. The Morgan fingerprint density at radius 2 is 1.53 bits per heavy atom. The maximum absolute atomic E-state index is 11.3. The van der Waals surface area contributed by atoms with E-state index in [2.05, 4.69) is 4.18 Å². The Bertz CT molecular complexity index is 878. The van der Waals surface area contributed by atoms with Gasteiger partial charge < -0.3 is 44.8 Å². The van der Waals surface area contributed by atoms with Crippen LogP contribution >= 0.6 is 0 Å². The molecule has 18 nitrogen and oxygen atoms in total. The van der Waals surface area contributed by atoms with E-state index < -0.39 is 94.6 Å². The number of carboxylic acids is 1. The second-order valence-electron chi connectivity index (χ2n) is 6.69. The minimum absolute atomic E-state index is 1.08. The van der Waals surface area contributed by atoms with Gasteiger partial charge in [0.2, 0.25) is 0 Å². The summed E-state index contributed by atoms with van der Waals surface area (Å²) in [6, 6.07) is -2.22. The number of aliphatic hydroxyl groups is 5. The molecule has 0 aromatic heterocycles. The lowest BCUT2D eigenvalue weighted by atomic mass is 9.96. The summed E-state index contributed by atoms with van der Waals surface area (Å²) in [6.45, 7) is -1.08. The summed E-state index contributed by atoms with van der Waals surface area (Å²) in [4.78, 5) is 11.2. The molecule has 2 aliphatic rings. The van der Waals surface area contributed by atoms with Crippen LogP contribution in [0.4, 0.5) is 0 Å². The normalized spacial score (nSPS) is 41.3. The Morgan fingerprint density at radius 3 is 2.00 bits per heavy atom. The van der Waals surface area contributed by atoms with E-state index in [1.54, 1.807) is 0 Å². The van der Waals surface area contributed by atoms with Crippen molar-refractivity contribution in [2.24, 2.45) is 0 Å². The van der Waals surface area contributed by atoms with Crippen molar-refractivity contribution in [2.45, 2.75) is 61.3 Å². The fourth-order valence-corrected chi connectivity index (χ4v) is 4.21. The van der Waals surface area contributed by atoms with E-state index in [9.17, 15) is 47.2 Å². The molecule has 2 rings (SSSR count). The van der Waals surface area contributed by atoms with Crippen LogP contribution in [0.15, 0.2) is 0 Å². The van der Waals surface area contributed by atoms with E-state index in [4.69, 9.17) is 28.4 Å². The monoisotopic (exact) mass is 515 g/mol. The van der Waals surface area contributed by atoms with Gasteiger partial charge in [0.15, 0.2) is 18.7 Å². The van der Waals surface area contributed by atoms with E-state index in [0.29, 0.717) is 0 Å². The molecule has 2 fully saturated rings. The highest BCUT2D eigenvalue weighted by Gasteiger charge is 2.54. The molecule has 2 heterocycles. The summed E-state index contributed by atoms with van der Waals surface area (Å²) >= 11 is 0. The third-order valence-electron chi connectivity index (χ3n) is 4.47. The van der Waals surface area contributed by atoms with Crippen molar-refractivity contribution in [2.75, 3.05) is 6.61 Å². The van der Waals surface area contributed by atoms with E-state index in [-0.39, 0.29) is 0 Å². The van der Waals surface area contributed by atoms with E-state index in [1.807, 2.05) is 0 Å². The number of aliphatic carboxylic acids is 1. The van der Waals surface area contributed by atoms with Gasteiger partial charge >= 0.3 is 26.7 Å². The van der Waals surface area contributed by atoms with E-state index >= 15 is 0 Å². The largest absolute Gasteiger partial charge is 0.479 e. The highest BCUT2D eigenvalue weighted by Crippen LogP contribution is 2.31. The first-order chi connectivity index (χ1) is 14.6. The third-order valence-corrected chi connectivity index (χ3v) is 5.50. The maximum Gasteiger partial charge on any atom is 0.397 e. The Morgan fingerprint density at radius 1 is 0.938 bits per heavy atom. The molecular formula is C12H21NO17S2. The number of carbonyl (C=O) groups is 1. The van der Waals surface area contributed by atoms with Gasteiger partial charge in [-0.05, 0) is 0 Å². The van der Waals surface area contributed by atoms with Crippen LogP contribution in [0.25, 0.3) is 0 Å². The standard InChI is InChI=1S/C12H21NO17S2/c14-1-2-7(28-12-6(17)4(15)5(16)9(29-12)10(18)19)8(30-32(24,25)26)3(11(20)27-2)13-31(21,22)23/h2-9,11-17,20H,1H2,(H,18,19)(H,21,22,23)(H,24,25,26)/t2-,3-,4+,5+,6-,7-,8-,9-,11?,12-/m1/s1. The van der Waals surface area contributed by atoms with Crippen molar-refractivity contribution < 1.29 is 79.8 Å². The highest BCUT2D eigenvalue weighted by molar-refractivity contribution is 7.83. The average Bonchev–Trinajstić information content (AvgIpc) is 2.64. The molecule has 0 radical (unpaired) electrons. The lowest BCUT2D eigenvalue weighted by Crippen LogP contribution is -2.68. The van der Waals surface area contributed by atoms with Crippen molar-refractivity contribution in [3.8, 4) is 0 Å². The number of hydrogen-bond acceptors (Lipinski definition) is 14. The zero-order valence-electron chi connectivity index (χ0n) is 15.5. The molecular weight excluding hydrogens is 494 g/mol. The van der Waals surface area contributed by atoms with Crippen LogP contribution in [-0.4, -0.2) is 131 Å². The summed E-state index contributed by atoms with van der Waals surface area (Å²) in [7, 11) is -10.6. The summed E-state index contributed by atoms with van der Waals surface area (Å²) in [5.41, 5.74) is 0. The minimum Gasteiger partial charge on any atom is -0.479 e. The van der Waals surface area contributed by atoms with Crippen molar-refractivity contribution in [1.82, 2.24) is 4.72 Å². The second-order valence-corrected chi connectivity index (χ2v) is 8.92. The topological polar surface area (TPSA) is 296 Å². The molecule has 10 atom stereocenters. The molecule has 0 aliphatic carbocycles. The molecule has 1 unspecified atom stereocenters. The van der Waals surface area contributed by atoms with Gasteiger partial charge in [-0.3, -0.25) is 9.11 Å². The SMILES string of the molecule is O=C(O)[C@@H]1O[C@@H](O[C@H]2[C@H](OS(=O)(=O)O)[C@@H](NS(=O)(=O)O)C(O)O[C@@H]2CO)[C@H](O)[C@@H](O)[C@@H]1O. The molecule has 2 aliphatic heterocycles. The quantitative estimate of drug-likeness (QED) is 0.136. The summed E-state index contributed by atoms with van der Waals surface area (Å²) in [5, 5.41) is 58.1. The number of ether oxygens (including phenoxy) is 3. The van der Waals surface area contributed by atoms with Crippen molar-refractivity contribution in [3.05, 3.63) is 0 Å². The van der Waals surface area contributed by atoms with Gasteiger partial charge in [-0.1, -0.05) is 0 Å². The molecule has 188 valence electrons. The molecule has 0 spiro atoms. The van der Waals surface area contributed by atoms with Gasteiger partial charge in [0, 0.05) is 0 Å². The molecule has 0 aromatic rings. The van der Waals surface area contributed by atoms with Crippen LogP contribution in [0.5, 0.6) is 0 Å². The van der Waals surface area contributed by atoms with Crippen LogP contribution in [0, 0.1) is 0 Å². The summed E-state index contributed by atoms with van der Waals surface area (Å²) < 4.78 is 83.5. The lowest BCUT2D eigenvalue weighted by molar-refractivity contribution is -0.338. The maximum atomic E-state index is 11.3. The molecule has 0 aromatic carbocycles. The van der Waals surface area contributed by atoms with Gasteiger partial charge in [0.1, 0.15) is 42.7 Å². The summed E-state index contributed by atoms with van der Waals surface area (Å²) in [6.07, 6.45) is -19.3. The predicted octanol–water partition coefficient (Wildman–Crippen LogP) is -6.08. The fourth-order valence-electron chi connectivity index (χ4n) is 3.10. The molecule has 0 bridgehead atoms. The van der Waals surface area contributed by atoms with Crippen LogP contribution < -0.4 is 4.72 Å². The first-order valence-corrected chi connectivity index (χ1v) is 11.3. The Labute approximate surface area is 179 Å². The van der Waals surface area contributed by atoms with Crippen LogP contribution in [0.1, 0.15) is 0 Å². The molecule has 0 amide bonds. The van der Waals surface area contributed by atoms with Crippen molar-refractivity contribution >= 4 is 26.7 Å². The molecule has 20 heteroatoms. The molecule has 0 saturated carbocycles. The van der Waals surface area contributed by atoms with Gasteiger partial charge in [0.25, 0.3) is 0 Å². The van der Waals surface area contributed by atoms with Crippen LogP contribution in [-0.2, 0) is 43.9 Å². The Balaban J connectivity index is 2.43. The highest BCUT2D eigenvalue weighted by atomic mass is 32.3. The van der Waals surface area contributed by atoms with Gasteiger partial charge in [-0.2, -0.15) is 21.6 Å². The Hall–Kier alpha value is -1.11. The number of carboxylic acid groups (broad SMARTS) is 1. The van der Waals surface area contributed by atoms with Gasteiger partial charge in [-0.15, -0.1) is 0 Å². The lowest BCUT2D eigenvalue weighted by Gasteiger charge is -2.46. The van der Waals surface area contributed by atoms with E-state index in [0.717, 1.165) is 0 Å².